The number of aliphatic carboxylic acids is 1. The van der Waals surface area contributed by atoms with Gasteiger partial charge in [-0.15, -0.1) is 0 Å². The lowest BCUT2D eigenvalue weighted by Gasteiger charge is -2.21. The Bertz CT molecular complexity index is 250. The third-order valence-electron chi connectivity index (χ3n) is 2.76. The van der Waals surface area contributed by atoms with Gasteiger partial charge in [-0.1, -0.05) is 6.92 Å². The highest BCUT2D eigenvalue weighted by Gasteiger charge is 2.22. The van der Waals surface area contributed by atoms with E-state index in [4.69, 9.17) is 5.11 Å². The van der Waals surface area contributed by atoms with Gasteiger partial charge in [0.15, 0.2) is 0 Å². The van der Waals surface area contributed by atoms with Gasteiger partial charge < -0.3 is 15.3 Å². The average Bonchev–Trinajstić information content (AvgIpc) is 2.69. The molecule has 0 aromatic heterocycles. The highest BCUT2D eigenvalue weighted by molar-refractivity contribution is 5.81. The molecule has 1 saturated heterocycles. The molecule has 1 amide bonds. The highest BCUT2D eigenvalue weighted by Crippen LogP contribution is 2.10. The van der Waals surface area contributed by atoms with Crippen LogP contribution in [0, 0.1) is 0 Å². The molecule has 2 N–H and O–H groups in total. The van der Waals surface area contributed by atoms with Crippen molar-refractivity contribution >= 4 is 11.9 Å². The van der Waals surface area contributed by atoms with E-state index in [1.807, 2.05) is 6.92 Å². The first-order chi connectivity index (χ1) is 7.63. The molecule has 1 aliphatic heterocycles. The first-order valence-corrected chi connectivity index (χ1v) is 5.86. The molecule has 1 fully saturated rings. The van der Waals surface area contributed by atoms with Gasteiger partial charge in [-0.3, -0.25) is 9.59 Å². The third-order valence-corrected chi connectivity index (χ3v) is 2.76. The van der Waals surface area contributed by atoms with Gasteiger partial charge in [0.1, 0.15) is 6.54 Å². The Morgan fingerprint density at radius 1 is 1.50 bits per heavy atom. The van der Waals surface area contributed by atoms with E-state index in [9.17, 15) is 9.59 Å². The zero-order valence-electron chi connectivity index (χ0n) is 9.74. The van der Waals surface area contributed by atoms with Gasteiger partial charge in [-0.05, 0) is 25.8 Å². The van der Waals surface area contributed by atoms with Crippen molar-refractivity contribution in [2.24, 2.45) is 0 Å². The van der Waals surface area contributed by atoms with E-state index < -0.39 is 5.97 Å². The molecular formula is C11H20N2O3. The molecule has 5 heteroatoms. The van der Waals surface area contributed by atoms with Crippen molar-refractivity contribution in [3.8, 4) is 0 Å². The SMILES string of the molecule is CCCN(CC(=O)O)C(=O)CC1CCCN1. The minimum absolute atomic E-state index is 0.0522. The molecule has 1 heterocycles. The lowest BCUT2D eigenvalue weighted by molar-refractivity contribution is -0.144. The van der Waals surface area contributed by atoms with Crippen LogP contribution in [0.2, 0.25) is 0 Å². The maximum absolute atomic E-state index is 11.8. The molecule has 92 valence electrons. The monoisotopic (exact) mass is 228 g/mol. The molecule has 0 spiro atoms. The second-order valence-electron chi connectivity index (χ2n) is 4.21. The predicted molar refractivity (Wildman–Crippen MR) is 60.1 cm³/mol. The molecule has 0 saturated carbocycles. The summed E-state index contributed by atoms with van der Waals surface area (Å²) in [6, 6.07) is 0.237. The van der Waals surface area contributed by atoms with Crippen LogP contribution in [0.15, 0.2) is 0 Å². The van der Waals surface area contributed by atoms with Crippen LogP contribution in [0.4, 0.5) is 0 Å². The first kappa shape index (κ1) is 13.0. The number of nitrogens with zero attached hydrogens (tertiary/aromatic N) is 1. The summed E-state index contributed by atoms with van der Waals surface area (Å²) < 4.78 is 0. The van der Waals surface area contributed by atoms with Gasteiger partial charge in [-0.25, -0.2) is 0 Å². The number of carbonyl (C=O) groups is 2. The molecule has 1 atom stereocenters. The summed E-state index contributed by atoms with van der Waals surface area (Å²) in [6.07, 6.45) is 3.33. The van der Waals surface area contributed by atoms with E-state index in [1.165, 1.54) is 4.90 Å². The van der Waals surface area contributed by atoms with Crippen molar-refractivity contribution in [1.82, 2.24) is 10.2 Å². The average molecular weight is 228 g/mol. The Kier molecular flexibility index (Phi) is 5.25. The van der Waals surface area contributed by atoms with Crippen molar-refractivity contribution in [2.75, 3.05) is 19.6 Å². The lowest BCUT2D eigenvalue weighted by atomic mass is 10.1. The smallest absolute Gasteiger partial charge is 0.323 e. The molecule has 5 nitrogen and oxygen atoms in total. The number of amides is 1. The van der Waals surface area contributed by atoms with Crippen LogP contribution in [-0.4, -0.2) is 47.6 Å². The van der Waals surface area contributed by atoms with Crippen LogP contribution in [0.5, 0.6) is 0 Å². The second-order valence-corrected chi connectivity index (χ2v) is 4.21. The van der Waals surface area contributed by atoms with E-state index in [2.05, 4.69) is 5.32 Å². The number of nitrogens with one attached hydrogen (secondary N) is 1. The predicted octanol–water partition coefficient (Wildman–Crippen LogP) is 0.452. The lowest BCUT2D eigenvalue weighted by Crippen LogP contribution is -2.39. The Morgan fingerprint density at radius 2 is 2.25 bits per heavy atom. The van der Waals surface area contributed by atoms with Crippen LogP contribution in [0.1, 0.15) is 32.6 Å². The Balaban J connectivity index is 2.42. The highest BCUT2D eigenvalue weighted by atomic mass is 16.4. The molecule has 0 aromatic rings. The standard InChI is InChI=1S/C11H20N2O3/c1-2-6-13(8-11(15)16)10(14)7-9-4-3-5-12-9/h9,12H,2-8H2,1H3,(H,15,16). The van der Waals surface area contributed by atoms with Gasteiger partial charge in [-0.2, -0.15) is 0 Å². The zero-order chi connectivity index (χ0) is 12.0. The first-order valence-electron chi connectivity index (χ1n) is 5.86. The van der Waals surface area contributed by atoms with Crippen LogP contribution in [0.25, 0.3) is 0 Å². The molecule has 16 heavy (non-hydrogen) atoms. The van der Waals surface area contributed by atoms with Crippen LogP contribution in [-0.2, 0) is 9.59 Å². The number of carbonyl (C=O) groups excluding carboxylic acids is 1. The normalized spacial score (nSPS) is 19.7. The molecule has 1 rings (SSSR count). The Hall–Kier alpha value is -1.10. The van der Waals surface area contributed by atoms with Crippen molar-refractivity contribution in [3.63, 3.8) is 0 Å². The van der Waals surface area contributed by atoms with Gasteiger partial charge in [0, 0.05) is 19.0 Å². The minimum atomic E-state index is -0.943. The fourth-order valence-corrected chi connectivity index (χ4v) is 2.00. The van der Waals surface area contributed by atoms with E-state index in [1.54, 1.807) is 0 Å². The van der Waals surface area contributed by atoms with E-state index in [-0.39, 0.29) is 18.5 Å². The van der Waals surface area contributed by atoms with E-state index in [0.29, 0.717) is 13.0 Å². The molecular weight excluding hydrogens is 208 g/mol. The number of rotatable bonds is 6. The van der Waals surface area contributed by atoms with Gasteiger partial charge in [0.2, 0.25) is 5.91 Å². The van der Waals surface area contributed by atoms with Crippen molar-refractivity contribution in [2.45, 2.75) is 38.6 Å². The summed E-state index contributed by atoms with van der Waals surface area (Å²) in [5.41, 5.74) is 0. The number of carboxylic acids is 1. The maximum Gasteiger partial charge on any atom is 0.323 e. The van der Waals surface area contributed by atoms with Crippen LogP contribution in [0.3, 0.4) is 0 Å². The topological polar surface area (TPSA) is 69.6 Å². The van der Waals surface area contributed by atoms with E-state index in [0.717, 1.165) is 25.8 Å². The molecule has 1 unspecified atom stereocenters. The quantitative estimate of drug-likeness (QED) is 0.692. The summed E-state index contributed by atoms with van der Waals surface area (Å²) in [4.78, 5) is 23.9. The second kappa shape index (κ2) is 6.48. The van der Waals surface area contributed by atoms with Gasteiger partial charge in [0.25, 0.3) is 0 Å². The molecule has 0 radical (unpaired) electrons. The Morgan fingerprint density at radius 3 is 2.75 bits per heavy atom. The summed E-state index contributed by atoms with van der Waals surface area (Å²) in [6.45, 7) is 3.25. The van der Waals surface area contributed by atoms with Crippen molar-refractivity contribution < 1.29 is 14.7 Å². The molecule has 0 aromatic carbocycles. The largest absolute Gasteiger partial charge is 0.480 e. The van der Waals surface area contributed by atoms with Gasteiger partial charge in [0.05, 0.1) is 0 Å². The fourth-order valence-electron chi connectivity index (χ4n) is 2.00. The maximum atomic E-state index is 11.8. The van der Waals surface area contributed by atoms with Gasteiger partial charge >= 0.3 is 5.97 Å². The summed E-state index contributed by atoms with van der Waals surface area (Å²) >= 11 is 0. The van der Waals surface area contributed by atoms with E-state index >= 15 is 0 Å². The molecule has 1 aliphatic rings. The molecule has 0 aliphatic carbocycles. The number of carboxylic acid groups (broad SMARTS) is 1. The number of hydrogen-bond acceptors (Lipinski definition) is 3. The van der Waals surface area contributed by atoms with Crippen molar-refractivity contribution in [1.29, 1.82) is 0 Å². The fraction of sp³-hybridized carbons (Fsp3) is 0.818. The number of hydrogen-bond donors (Lipinski definition) is 2. The molecule has 0 bridgehead atoms. The zero-order valence-corrected chi connectivity index (χ0v) is 9.74. The Labute approximate surface area is 95.8 Å². The summed E-state index contributed by atoms with van der Waals surface area (Å²) in [5, 5.41) is 12.0. The minimum Gasteiger partial charge on any atom is -0.480 e. The third kappa shape index (κ3) is 4.18. The van der Waals surface area contributed by atoms with Crippen LogP contribution >= 0.6 is 0 Å². The van der Waals surface area contributed by atoms with Crippen LogP contribution < -0.4 is 5.32 Å². The summed E-state index contributed by atoms with van der Waals surface area (Å²) in [5.74, 6) is -0.996. The van der Waals surface area contributed by atoms with Crippen molar-refractivity contribution in [3.05, 3.63) is 0 Å². The summed E-state index contributed by atoms with van der Waals surface area (Å²) in [7, 11) is 0.